The number of hydrogen-bond donors (Lipinski definition) is 0. The van der Waals surface area contributed by atoms with Gasteiger partial charge in [-0.25, -0.2) is 13.8 Å². The first kappa shape index (κ1) is 10.9. The third kappa shape index (κ3) is 1.66. The number of rotatable bonds is 2. The van der Waals surface area contributed by atoms with Crippen molar-refractivity contribution in [3.05, 3.63) is 60.7 Å². The van der Waals surface area contributed by atoms with E-state index in [0.717, 1.165) is 16.5 Å². The molecule has 0 aliphatic heterocycles. The third-order valence-corrected chi connectivity index (χ3v) is 2.89. The van der Waals surface area contributed by atoms with Gasteiger partial charge in [0.1, 0.15) is 0 Å². The van der Waals surface area contributed by atoms with Crippen molar-refractivity contribution in [2.75, 3.05) is 0 Å². The Bertz CT molecular complexity index is 684. The monoisotopic (exact) mass is 244 g/mol. The maximum atomic E-state index is 12.9. The van der Waals surface area contributed by atoms with Gasteiger partial charge in [0.05, 0.1) is 5.69 Å². The van der Waals surface area contributed by atoms with E-state index in [9.17, 15) is 8.78 Å². The smallest absolute Gasteiger partial charge is 0.295 e. The van der Waals surface area contributed by atoms with Crippen LogP contribution in [-0.2, 0) is 0 Å². The Labute approximate surface area is 103 Å². The van der Waals surface area contributed by atoms with Gasteiger partial charge in [-0.05, 0) is 11.5 Å². The number of halogens is 2. The highest BCUT2D eigenvalue weighted by molar-refractivity contribution is 5.90. The molecule has 18 heavy (non-hydrogen) atoms. The molecule has 0 unspecified atom stereocenters. The Hall–Kier alpha value is -2.23. The molecule has 3 rings (SSSR count). The van der Waals surface area contributed by atoms with Gasteiger partial charge in [0, 0.05) is 17.8 Å². The average molecular weight is 244 g/mol. The second-order valence-corrected chi connectivity index (χ2v) is 3.95. The zero-order valence-electron chi connectivity index (χ0n) is 9.42. The van der Waals surface area contributed by atoms with Crippen LogP contribution in [0.1, 0.15) is 12.2 Å². The summed E-state index contributed by atoms with van der Waals surface area (Å²) in [6.07, 6.45) is 0.367. The van der Waals surface area contributed by atoms with Gasteiger partial charge in [-0.1, -0.05) is 36.4 Å². The van der Waals surface area contributed by atoms with E-state index >= 15 is 0 Å². The van der Waals surface area contributed by atoms with Crippen LogP contribution in [0.5, 0.6) is 0 Å². The van der Waals surface area contributed by atoms with E-state index < -0.39 is 6.43 Å². The Morgan fingerprint density at radius 1 is 1.00 bits per heavy atom. The van der Waals surface area contributed by atoms with Crippen molar-refractivity contribution in [3.8, 4) is 5.69 Å². The van der Waals surface area contributed by atoms with E-state index in [1.807, 2.05) is 42.5 Å². The molecule has 2 aromatic carbocycles. The number of hydrogen-bond acceptors (Lipinski definition) is 1. The summed E-state index contributed by atoms with van der Waals surface area (Å²) < 4.78 is 27.2. The molecule has 2 nitrogen and oxygen atoms in total. The lowest BCUT2D eigenvalue weighted by atomic mass is 10.1. The SMILES string of the molecule is FC(F)c1nccn1-c1cccc2ccccc12. The van der Waals surface area contributed by atoms with Gasteiger partial charge in [-0.15, -0.1) is 0 Å². The van der Waals surface area contributed by atoms with E-state index in [-0.39, 0.29) is 5.82 Å². The zero-order valence-corrected chi connectivity index (χ0v) is 9.42. The molecule has 0 atom stereocenters. The van der Waals surface area contributed by atoms with E-state index in [1.165, 1.54) is 10.8 Å². The average Bonchev–Trinajstić information content (AvgIpc) is 2.87. The Morgan fingerprint density at radius 3 is 2.61 bits per heavy atom. The van der Waals surface area contributed by atoms with Crippen LogP contribution in [0.2, 0.25) is 0 Å². The molecule has 0 fully saturated rings. The van der Waals surface area contributed by atoms with Crippen LogP contribution in [0.4, 0.5) is 8.78 Å². The largest absolute Gasteiger partial charge is 0.298 e. The van der Waals surface area contributed by atoms with Crippen molar-refractivity contribution in [1.29, 1.82) is 0 Å². The fraction of sp³-hybridized carbons (Fsp3) is 0.0714. The predicted octanol–water partition coefficient (Wildman–Crippen LogP) is 3.96. The van der Waals surface area contributed by atoms with Crippen molar-refractivity contribution in [2.24, 2.45) is 0 Å². The van der Waals surface area contributed by atoms with Crippen LogP contribution in [0.3, 0.4) is 0 Å². The number of fused-ring (bicyclic) bond motifs is 1. The number of alkyl halides is 2. The van der Waals surface area contributed by atoms with Gasteiger partial charge in [0.15, 0.2) is 5.82 Å². The molecule has 0 N–H and O–H groups in total. The molecule has 0 radical (unpaired) electrons. The molecular weight excluding hydrogens is 234 g/mol. The Kier molecular flexibility index (Phi) is 2.55. The molecule has 4 heteroatoms. The molecule has 0 aliphatic rings. The van der Waals surface area contributed by atoms with Crippen molar-refractivity contribution in [3.63, 3.8) is 0 Å². The van der Waals surface area contributed by atoms with E-state index in [2.05, 4.69) is 4.98 Å². The fourth-order valence-corrected chi connectivity index (χ4v) is 2.10. The highest BCUT2D eigenvalue weighted by Gasteiger charge is 2.16. The normalized spacial score (nSPS) is 11.3. The van der Waals surface area contributed by atoms with Crippen LogP contribution in [0.25, 0.3) is 16.5 Å². The first-order chi connectivity index (χ1) is 8.77. The topological polar surface area (TPSA) is 17.8 Å². The second-order valence-electron chi connectivity index (χ2n) is 3.95. The number of benzene rings is 2. The van der Waals surface area contributed by atoms with Crippen molar-refractivity contribution < 1.29 is 8.78 Å². The first-order valence-electron chi connectivity index (χ1n) is 5.57. The molecule has 0 bridgehead atoms. The maximum absolute atomic E-state index is 12.9. The maximum Gasteiger partial charge on any atom is 0.295 e. The molecule has 0 saturated heterocycles. The minimum absolute atomic E-state index is 0.230. The molecular formula is C14H10F2N2. The molecule has 0 spiro atoms. The molecule has 0 aliphatic carbocycles. The van der Waals surface area contributed by atoms with Gasteiger partial charge >= 0.3 is 0 Å². The minimum atomic E-state index is -2.58. The molecule has 90 valence electrons. The lowest BCUT2D eigenvalue weighted by molar-refractivity contribution is 0.138. The molecule has 0 saturated carbocycles. The summed E-state index contributed by atoms with van der Waals surface area (Å²) >= 11 is 0. The first-order valence-corrected chi connectivity index (χ1v) is 5.57. The van der Waals surface area contributed by atoms with Crippen molar-refractivity contribution >= 4 is 10.8 Å². The van der Waals surface area contributed by atoms with Gasteiger partial charge < -0.3 is 0 Å². The fourth-order valence-electron chi connectivity index (χ4n) is 2.10. The lowest BCUT2D eigenvalue weighted by Crippen LogP contribution is -2.01. The summed E-state index contributed by atoms with van der Waals surface area (Å²) in [5.41, 5.74) is 0.723. The van der Waals surface area contributed by atoms with E-state index in [0.29, 0.717) is 0 Å². The predicted molar refractivity (Wildman–Crippen MR) is 66.0 cm³/mol. The molecule has 1 heterocycles. The van der Waals surface area contributed by atoms with E-state index in [1.54, 1.807) is 6.20 Å². The van der Waals surface area contributed by atoms with Crippen LogP contribution in [-0.4, -0.2) is 9.55 Å². The Balaban J connectivity index is 2.28. The van der Waals surface area contributed by atoms with Gasteiger partial charge in [-0.2, -0.15) is 0 Å². The van der Waals surface area contributed by atoms with Gasteiger partial charge in [0.2, 0.25) is 0 Å². The number of nitrogens with zero attached hydrogens (tertiary/aromatic N) is 2. The van der Waals surface area contributed by atoms with Gasteiger partial charge in [0.25, 0.3) is 6.43 Å². The van der Waals surface area contributed by atoms with Crippen molar-refractivity contribution in [2.45, 2.75) is 6.43 Å². The Morgan fingerprint density at radius 2 is 1.78 bits per heavy atom. The highest BCUT2D eigenvalue weighted by atomic mass is 19.3. The molecule has 0 amide bonds. The van der Waals surface area contributed by atoms with Crippen LogP contribution in [0.15, 0.2) is 54.9 Å². The second kappa shape index (κ2) is 4.22. The summed E-state index contributed by atoms with van der Waals surface area (Å²) in [6.45, 7) is 0. The summed E-state index contributed by atoms with van der Waals surface area (Å²) in [7, 11) is 0. The highest BCUT2D eigenvalue weighted by Crippen LogP contribution is 2.26. The third-order valence-electron chi connectivity index (χ3n) is 2.89. The molecule has 1 aromatic heterocycles. The van der Waals surface area contributed by atoms with Crippen LogP contribution < -0.4 is 0 Å². The van der Waals surface area contributed by atoms with Crippen LogP contribution >= 0.6 is 0 Å². The summed E-state index contributed by atoms with van der Waals surface area (Å²) in [6, 6.07) is 13.3. The van der Waals surface area contributed by atoms with Crippen molar-refractivity contribution in [1.82, 2.24) is 9.55 Å². The standard InChI is InChI=1S/C14H10F2N2/c15-13(16)14-17-8-9-18(14)12-7-3-5-10-4-1-2-6-11(10)12/h1-9,13H. The number of imidazole rings is 1. The van der Waals surface area contributed by atoms with Gasteiger partial charge in [-0.3, -0.25) is 4.57 Å². The molecule has 3 aromatic rings. The number of aromatic nitrogens is 2. The zero-order chi connectivity index (χ0) is 12.5. The quantitative estimate of drug-likeness (QED) is 0.667. The van der Waals surface area contributed by atoms with Crippen LogP contribution in [0, 0.1) is 0 Å². The summed E-state index contributed by atoms with van der Waals surface area (Å²) in [5, 5.41) is 1.95. The van der Waals surface area contributed by atoms with E-state index in [4.69, 9.17) is 0 Å². The summed E-state index contributed by atoms with van der Waals surface area (Å²) in [4.78, 5) is 3.71. The minimum Gasteiger partial charge on any atom is -0.298 e. The lowest BCUT2D eigenvalue weighted by Gasteiger charge is -2.10. The summed E-state index contributed by atoms with van der Waals surface area (Å²) in [5.74, 6) is -0.230.